The normalized spacial score (nSPS) is 21.0. The molecule has 0 bridgehead atoms. The molecule has 1 fully saturated rings. The van der Waals surface area contributed by atoms with Gasteiger partial charge < -0.3 is 0 Å². The fourth-order valence-electron chi connectivity index (χ4n) is 3.11. The summed E-state index contributed by atoms with van der Waals surface area (Å²) in [7, 11) is 0. The van der Waals surface area contributed by atoms with Gasteiger partial charge in [0.2, 0.25) is 0 Å². The van der Waals surface area contributed by atoms with E-state index in [9.17, 15) is 4.39 Å². The van der Waals surface area contributed by atoms with Crippen LogP contribution in [0.2, 0.25) is 0 Å². The molecule has 0 atom stereocenters. The molecule has 1 heteroatoms. The van der Waals surface area contributed by atoms with Gasteiger partial charge >= 0.3 is 0 Å². The fourth-order valence-corrected chi connectivity index (χ4v) is 3.11. The van der Waals surface area contributed by atoms with Crippen LogP contribution in [-0.2, 0) is 0 Å². The van der Waals surface area contributed by atoms with Crippen LogP contribution in [-0.4, -0.2) is 0 Å². The molecule has 3 rings (SSSR count). The summed E-state index contributed by atoms with van der Waals surface area (Å²) in [4.78, 5) is 0. The number of benzene rings is 2. The molecule has 22 heavy (non-hydrogen) atoms. The van der Waals surface area contributed by atoms with Crippen LogP contribution < -0.4 is 0 Å². The van der Waals surface area contributed by atoms with E-state index in [-0.39, 0.29) is 5.82 Å². The van der Waals surface area contributed by atoms with Crippen molar-refractivity contribution < 1.29 is 4.39 Å². The molecular weight excluding hydrogens is 271 g/mol. The molecule has 0 heterocycles. The van der Waals surface area contributed by atoms with Crippen LogP contribution in [0.1, 0.15) is 55.2 Å². The predicted octanol–water partition coefficient (Wildman–Crippen LogP) is 5.52. The maximum Gasteiger partial charge on any atom is 0.123 e. The zero-order valence-electron chi connectivity index (χ0n) is 13.0. The molecule has 112 valence electrons. The van der Waals surface area contributed by atoms with Gasteiger partial charge in [-0.15, -0.1) is 0 Å². The number of halogens is 1. The summed E-state index contributed by atoms with van der Waals surface area (Å²) in [5.74, 6) is 7.60. The third kappa shape index (κ3) is 3.77. The average Bonchev–Trinajstić information content (AvgIpc) is 2.56. The standard InChI is InChI=1S/C21H21F/c1-16-2-10-19(11-3-16)20-12-6-17(7-13-20)4-5-18-8-14-21(22)15-9-18/h6-9,12-16,19H,2-3,10-11H2,1H3. The van der Waals surface area contributed by atoms with E-state index < -0.39 is 0 Å². The minimum Gasteiger partial charge on any atom is -0.207 e. The van der Waals surface area contributed by atoms with E-state index in [2.05, 4.69) is 43.0 Å². The summed E-state index contributed by atoms with van der Waals surface area (Å²) in [6.07, 6.45) is 5.30. The first-order valence-electron chi connectivity index (χ1n) is 8.08. The first kappa shape index (κ1) is 14.9. The van der Waals surface area contributed by atoms with Crippen molar-refractivity contribution in [3.8, 4) is 11.8 Å². The topological polar surface area (TPSA) is 0 Å². The molecule has 0 nitrogen and oxygen atoms in total. The van der Waals surface area contributed by atoms with Crippen molar-refractivity contribution in [2.45, 2.75) is 38.5 Å². The fraction of sp³-hybridized carbons (Fsp3) is 0.333. The lowest BCUT2D eigenvalue weighted by Crippen LogP contribution is -2.10. The molecule has 2 aromatic rings. The minimum atomic E-state index is -0.225. The van der Waals surface area contributed by atoms with Crippen molar-refractivity contribution in [2.75, 3.05) is 0 Å². The van der Waals surface area contributed by atoms with E-state index in [1.54, 1.807) is 12.1 Å². The van der Waals surface area contributed by atoms with Crippen molar-refractivity contribution in [1.82, 2.24) is 0 Å². The predicted molar refractivity (Wildman–Crippen MR) is 89.2 cm³/mol. The van der Waals surface area contributed by atoms with Crippen molar-refractivity contribution in [2.24, 2.45) is 5.92 Å². The molecule has 0 saturated heterocycles. The van der Waals surface area contributed by atoms with Gasteiger partial charge in [0.1, 0.15) is 5.82 Å². The zero-order chi connectivity index (χ0) is 15.4. The molecule has 1 saturated carbocycles. The highest BCUT2D eigenvalue weighted by Gasteiger charge is 2.19. The SMILES string of the molecule is CC1CCC(c2ccc(C#Cc3ccc(F)cc3)cc2)CC1. The molecular formula is C21H21F. The van der Waals surface area contributed by atoms with Crippen molar-refractivity contribution in [1.29, 1.82) is 0 Å². The van der Waals surface area contributed by atoms with E-state index in [1.165, 1.54) is 43.4 Å². The molecule has 2 aromatic carbocycles. The summed E-state index contributed by atoms with van der Waals surface area (Å²) in [6.45, 7) is 2.35. The Kier molecular flexibility index (Phi) is 4.59. The van der Waals surface area contributed by atoms with Crippen LogP contribution in [0.5, 0.6) is 0 Å². The van der Waals surface area contributed by atoms with Crippen LogP contribution in [0.25, 0.3) is 0 Å². The minimum absolute atomic E-state index is 0.225. The average molecular weight is 292 g/mol. The monoisotopic (exact) mass is 292 g/mol. The molecule has 0 unspecified atom stereocenters. The van der Waals surface area contributed by atoms with E-state index in [0.717, 1.165) is 23.0 Å². The Bertz CT molecular complexity index is 663. The summed E-state index contributed by atoms with van der Waals surface area (Å²) in [5, 5.41) is 0. The van der Waals surface area contributed by atoms with Crippen LogP contribution in [0.15, 0.2) is 48.5 Å². The van der Waals surface area contributed by atoms with Crippen molar-refractivity contribution in [3.05, 3.63) is 71.0 Å². The van der Waals surface area contributed by atoms with Gasteiger partial charge in [-0.05, 0) is 66.6 Å². The molecule has 0 aromatic heterocycles. The van der Waals surface area contributed by atoms with Crippen molar-refractivity contribution in [3.63, 3.8) is 0 Å². The highest BCUT2D eigenvalue weighted by atomic mass is 19.1. The first-order valence-corrected chi connectivity index (χ1v) is 8.08. The van der Waals surface area contributed by atoms with Crippen LogP contribution >= 0.6 is 0 Å². The summed E-state index contributed by atoms with van der Waals surface area (Å²) in [5.41, 5.74) is 3.29. The number of hydrogen-bond donors (Lipinski definition) is 0. The Hall–Kier alpha value is -2.07. The van der Waals surface area contributed by atoms with Gasteiger partial charge in [0, 0.05) is 11.1 Å². The Morgan fingerprint density at radius 1 is 0.773 bits per heavy atom. The number of rotatable bonds is 1. The Labute approximate surface area is 132 Å². The lowest BCUT2D eigenvalue weighted by Gasteiger charge is -2.26. The second-order valence-corrected chi connectivity index (χ2v) is 6.34. The lowest BCUT2D eigenvalue weighted by molar-refractivity contribution is 0.348. The molecule has 1 aliphatic carbocycles. The second-order valence-electron chi connectivity index (χ2n) is 6.34. The molecule has 0 spiro atoms. The Morgan fingerprint density at radius 3 is 1.82 bits per heavy atom. The highest BCUT2D eigenvalue weighted by molar-refractivity contribution is 5.43. The molecule has 0 radical (unpaired) electrons. The van der Waals surface area contributed by atoms with E-state index >= 15 is 0 Å². The quantitative estimate of drug-likeness (QED) is 0.607. The van der Waals surface area contributed by atoms with Crippen LogP contribution in [0.4, 0.5) is 4.39 Å². The third-order valence-electron chi connectivity index (χ3n) is 4.59. The number of hydrogen-bond acceptors (Lipinski definition) is 0. The summed E-state index contributed by atoms with van der Waals surface area (Å²) in [6, 6.07) is 14.9. The van der Waals surface area contributed by atoms with Gasteiger partial charge in [0.25, 0.3) is 0 Å². The van der Waals surface area contributed by atoms with Gasteiger partial charge in [0.15, 0.2) is 0 Å². The van der Waals surface area contributed by atoms with Gasteiger partial charge in [-0.3, -0.25) is 0 Å². The van der Waals surface area contributed by atoms with Gasteiger partial charge in [0.05, 0.1) is 0 Å². The Balaban J connectivity index is 1.68. The zero-order valence-corrected chi connectivity index (χ0v) is 13.0. The van der Waals surface area contributed by atoms with Gasteiger partial charge in [-0.1, -0.05) is 43.7 Å². The summed E-state index contributed by atoms with van der Waals surface area (Å²) >= 11 is 0. The molecule has 1 aliphatic rings. The van der Waals surface area contributed by atoms with E-state index in [4.69, 9.17) is 0 Å². The van der Waals surface area contributed by atoms with Gasteiger partial charge in [-0.2, -0.15) is 0 Å². The van der Waals surface area contributed by atoms with Crippen LogP contribution in [0.3, 0.4) is 0 Å². The Morgan fingerprint density at radius 2 is 1.27 bits per heavy atom. The van der Waals surface area contributed by atoms with E-state index in [1.807, 2.05) is 0 Å². The molecule has 0 amide bonds. The van der Waals surface area contributed by atoms with Crippen LogP contribution in [0, 0.1) is 23.6 Å². The lowest BCUT2D eigenvalue weighted by atomic mass is 9.79. The maximum absolute atomic E-state index is 12.8. The second kappa shape index (κ2) is 6.79. The highest BCUT2D eigenvalue weighted by Crippen LogP contribution is 2.35. The third-order valence-corrected chi connectivity index (χ3v) is 4.59. The van der Waals surface area contributed by atoms with E-state index in [0.29, 0.717) is 0 Å². The largest absolute Gasteiger partial charge is 0.207 e. The summed E-state index contributed by atoms with van der Waals surface area (Å²) < 4.78 is 12.8. The van der Waals surface area contributed by atoms with Gasteiger partial charge in [-0.25, -0.2) is 4.39 Å². The molecule has 0 N–H and O–H groups in total. The smallest absolute Gasteiger partial charge is 0.123 e. The maximum atomic E-state index is 12.8. The first-order chi connectivity index (χ1) is 10.7. The molecule has 0 aliphatic heterocycles. The van der Waals surface area contributed by atoms with Crippen molar-refractivity contribution >= 4 is 0 Å².